The summed E-state index contributed by atoms with van der Waals surface area (Å²) < 4.78 is 0. The second kappa shape index (κ2) is 2.88. The molecule has 0 aromatic heterocycles. The normalized spacial score (nSPS) is 28.3. The third kappa shape index (κ3) is 2.55. The van der Waals surface area contributed by atoms with E-state index in [2.05, 4.69) is 28.4 Å². The van der Waals surface area contributed by atoms with Gasteiger partial charge in [-0.05, 0) is 0 Å². The Morgan fingerprint density at radius 3 is 2.00 bits per heavy atom. The maximum Gasteiger partial charge on any atom is 0.114 e. The molecule has 0 aliphatic carbocycles. The van der Waals surface area contributed by atoms with Gasteiger partial charge < -0.3 is 0 Å². The fourth-order valence-corrected chi connectivity index (χ4v) is 14.8. The number of halogens is 1. The van der Waals surface area contributed by atoms with E-state index in [9.17, 15) is 0 Å². The van der Waals surface area contributed by atoms with E-state index in [1.807, 2.05) is 0 Å². The molecule has 0 bridgehead atoms. The Bertz CT molecular complexity index is 93.2. The minimum absolute atomic E-state index is 0.329. The zero-order valence-electron chi connectivity index (χ0n) is 6.28. The van der Waals surface area contributed by atoms with Crippen LogP contribution >= 0.6 is 15.3 Å². The summed E-state index contributed by atoms with van der Waals surface area (Å²) in [6.45, 7) is 5.06. The zero-order chi connectivity index (χ0) is 6.91. The molecular weight excluding hydrogens is 208 g/mol. The van der Waals surface area contributed by atoms with E-state index in [-0.39, 0.29) is 7.42 Å². The summed E-state index contributed by atoms with van der Waals surface area (Å²) in [5, 5.41) is 0. The van der Waals surface area contributed by atoms with Crippen molar-refractivity contribution < 1.29 is 0 Å². The number of hydrogen-bond acceptors (Lipinski definition) is 0. The van der Waals surface area contributed by atoms with Crippen molar-refractivity contribution in [3.05, 3.63) is 0 Å². The van der Waals surface area contributed by atoms with Crippen molar-refractivity contribution in [1.82, 2.24) is 0 Å². The molecule has 0 aromatic carbocycles. The largest absolute Gasteiger partial charge is 0.131 e. The van der Waals surface area contributed by atoms with Crippen LogP contribution in [-0.2, 0) is 0 Å². The van der Waals surface area contributed by atoms with Crippen LogP contribution in [0.25, 0.3) is 0 Å². The van der Waals surface area contributed by atoms with Gasteiger partial charge in [-0.2, -0.15) is 0 Å². The van der Waals surface area contributed by atoms with Crippen LogP contribution in [0.3, 0.4) is 0 Å². The lowest BCUT2D eigenvalue weighted by Gasteiger charge is -2.29. The number of rotatable bonds is 0. The molecule has 0 unspecified atom stereocenters. The highest BCUT2D eigenvalue weighted by atomic mass is 79.9. The highest BCUT2D eigenvalue weighted by Crippen LogP contribution is 2.31. The van der Waals surface area contributed by atoms with Crippen molar-refractivity contribution in [2.45, 2.75) is 37.3 Å². The van der Waals surface area contributed by atoms with Crippen LogP contribution in [0, 0.1) is 0 Å². The Kier molecular flexibility index (Phi) is 2.57. The standard InChI is InChI=1S/C6H15BrSi2/c1-9(2)5-3-8(7)4-6-9/h8H,3-6H2,1-2H3. The third-order valence-corrected chi connectivity index (χ3v) is 11.3. The first-order valence-corrected chi connectivity index (χ1v) is 12.0. The Balaban J connectivity index is 2.35. The summed E-state index contributed by atoms with van der Waals surface area (Å²) >= 11 is 3.80. The molecule has 1 saturated heterocycles. The molecule has 0 nitrogen and oxygen atoms in total. The highest BCUT2D eigenvalue weighted by molar-refractivity contribution is 9.24. The molecule has 0 amide bonds. The topological polar surface area (TPSA) is 0 Å². The van der Waals surface area contributed by atoms with Gasteiger partial charge in [-0.1, -0.05) is 37.3 Å². The lowest BCUT2D eigenvalue weighted by molar-refractivity contribution is 1.16. The van der Waals surface area contributed by atoms with Gasteiger partial charge in [0.2, 0.25) is 0 Å². The summed E-state index contributed by atoms with van der Waals surface area (Å²) in [5.74, 6) is 0. The molecule has 1 heterocycles. The van der Waals surface area contributed by atoms with E-state index >= 15 is 0 Å². The van der Waals surface area contributed by atoms with Crippen LogP contribution in [0.4, 0.5) is 0 Å². The minimum atomic E-state index is -0.628. The Morgan fingerprint density at radius 2 is 1.67 bits per heavy atom. The highest BCUT2D eigenvalue weighted by Gasteiger charge is 2.27. The fourth-order valence-electron chi connectivity index (χ4n) is 1.36. The third-order valence-electron chi connectivity index (χ3n) is 2.27. The molecule has 9 heavy (non-hydrogen) atoms. The molecule has 1 aliphatic heterocycles. The van der Waals surface area contributed by atoms with E-state index in [1.165, 1.54) is 0 Å². The molecule has 0 atom stereocenters. The Labute approximate surface area is 68.2 Å². The van der Waals surface area contributed by atoms with Gasteiger partial charge in [0.25, 0.3) is 0 Å². The van der Waals surface area contributed by atoms with Crippen LogP contribution in [0.15, 0.2) is 0 Å². The molecule has 0 saturated carbocycles. The summed E-state index contributed by atoms with van der Waals surface area (Å²) in [4.78, 5) is 0. The van der Waals surface area contributed by atoms with Crippen molar-refractivity contribution in [2.75, 3.05) is 0 Å². The fraction of sp³-hybridized carbons (Fsp3) is 1.00. The smallest absolute Gasteiger partial charge is 0.114 e. The SMILES string of the molecule is C[Si]1(C)CC[SiH](Br)CC1. The summed E-state index contributed by atoms with van der Waals surface area (Å²) in [5.41, 5.74) is 0. The molecule has 3 heteroatoms. The maximum absolute atomic E-state index is 3.80. The number of hydrogen-bond donors (Lipinski definition) is 0. The first-order valence-electron chi connectivity index (χ1n) is 3.74. The van der Waals surface area contributed by atoms with Crippen molar-refractivity contribution in [2.24, 2.45) is 0 Å². The van der Waals surface area contributed by atoms with Gasteiger partial charge in [0.05, 0.1) is 0 Å². The van der Waals surface area contributed by atoms with Gasteiger partial charge in [-0.3, -0.25) is 0 Å². The summed E-state index contributed by atoms with van der Waals surface area (Å²) in [6, 6.07) is 6.32. The molecule has 1 aliphatic rings. The van der Waals surface area contributed by atoms with E-state index in [0.717, 1.165) is 0 Å². The predicted octanol–water partition coefficient (Wildman–Crippen LogP) is 2.83. The zero-order valence-corrected chi connectivity index (χ0v) is 10.0. The van der Waals surface area contributed by atoms with Crippen LogP contribution in [-0.4, -0.2) is 15.5 Å². The molecular formula is C6H15BrSi2. The molecule has 0 N–H and O–H groups in total. The van der Waals surface area contributed by atoms with Gasteiger partial charge >= 0.3 is 0 Å². The molecule has 1 rings (SSSR count). The molecule has 1 fully saturated rings. The quantitative estimate of drug-likeness (QED) is 0.437. The average Bonchev–Trinajstić information content (AvgIpc) is 1.78. The van der Waals surface area contributed by atoms with Crippen molar-refractivity contribution in [3.63, 3.8) is 0 Å². The molecule has 54 valence electrons. The maximum atomic E-state index is 3.80. The lowest BCUT2D eigenvalue weighted by atomic mass is 10.9. The van der Waals surface area contributed by atoms with Gasteiger partial charge in [0.15, 0.2) is 0 Å². The first-order chi connectivity index (χ1) is 4.10. The minimum Gasteiger partial charge on any atom is -0.131 e. The van der Waals surface area contributed by atoms with Crippen LogP contribution < -0.4 is 0 Å². The van der Waals surface area contributed by atoms with Gasteiger partial charge in [-0.15, -0.1) is 15.3 Å². The second-order valence-electron chi connectivity index (χ2n) is 3.84. The predicted molar refractivity (Wildman–Crippen MR) is 52.8 cm³/mol. The van der Waals surface area contributed by atoms with E-state index in [1.54, 1.807) is 24.2 Å². The van der Waals surface area contributed by atoms with Crippen LogP contribution in [0.2, 0.25) is 37.3 Å². The Morgan fingerprint density at radius 1 is 1.22 bits per heavy atom. The van der Waals surface area contributed by atoms with E-state index in [4.69, 9.17) is 0 Å². The van der Waals surface area contributed by atoms with E-state index in [0.29, 0.717) is 0 Å². The van der Waals surface area contributed by atoms with Crippen molar-refractivity contribution in [1.29, 1.82) is 0 Å². The van der Waals surface area contributed by atoms with Gasteiger partial charge in [0.1, 0.15) is 7.42 Å². The van der Waals surface area contributed by atoms with E-state index < -0.39 is 8.07 Å². The van der Waals surface area contributed by atoms with Crippen LogP contribution in [0.1, 0.15) is 0 Å². The molecule has 0 radical (unpaired) electrons. The molecule has 0 spiro atoms. The van der Waals surface area contributed by atoms with Crippen LogP contribution in [0.5, 0.6) is 0 Å². The monoisotopic (exact) mass is 222 g/mol. The first kappa shape index (κ1) is 8.01. The lowest BCUT2D eigenvalue weighted by Crippen LogP contribution is -2.31. The average molecular weight is 223 g/mol. The van der Waals surface area contributed by atoms with Crippen molar-refractivity contribution in [3.8, 4) is 0 Å². The van der Waals surface area contributed by atoms with Gasteiger partial charge in [-0.25, -0.2) is 0 Å². The Hall–Kier alpha value is 0.914. The second-order valence-corrected chi connectivity index (χ2v) is 15.4. The summed E-state index contributed by atoms with van der Waals surface area (Å²) in [6.07, 6.45) is 0. The summed E-state index contributed by atoms with van der Waals surface area (Å²) in [7, 11) is -0.957. The van der Waals surface area contributed by atoms with Crippen molar-refractivity contribution >= 4 is 30.8 Å². The molecule has 0 aromatic rings. The van der Waals surface area contributed by atoms with Gasteiger partial charge in [0, 0.05) is 8.07 Å².